The van der Waals surface area contributed by atoms with Crippen LogP contribution in [0.5, 0.6) is 5.75 Å². The maximum atomic E-state index is 6.18. The molecule has 198 valence electrons. The van der Waals surface area contributed by atoms with E-state index in [0.717, 1.165) is 17.9 Å². The Morgan fingerprint density at radius 3 is 1.81 bits per heavy atom. The zero-order valence-electron chi connectivity index (χ0n) is 23.2. The van der Waals surface area contributed by atoms with E-state index in [1.165, 1.54) is 38.9 Å². The fourth-order valence-corrected chi connectivity index (χ4v) is 5.46. The van der Waals surface area contributed by atoms with E-state index in [4.69, 9.17) is 18.9 Å². The number of aryl methyl sites for hydroxylation is 2. The molecule has 3 aromatic rings. The molecule has 0 fully saturated rings. The number of ether oxygens (including phenoxy) is 4. The largest absolute Gasteiger partial charge is 0.489 e. The topological polar surface area (TPSA) is 40.2 Å². The summed E-state index contributed by atoms with van der Waals surface area (Å²) in [5, 5.41) is 0. The third-order valence-electron chi connectivity index (χ3n) is 7.31. The SMILES string of the molecule is CCC1(c2ccc(OCCOCCOCCOC)c(N(C)C)c2)c2cc(C)ccc2-c2ccc(C)cc21. The molecule has 0 aromatic heterocycles. The van der Waals surface area contributed by atoms with E-state index in [2.05, 4.69) is 94.4 Å². The molecule has 1 aliphatic rings. The van der Waals surface area contributed by atoms with Gasteiger partial charge in [0.2, 0.25) is 0 Å². The van der Waals surface area contributed by atoms with Gasteiger partial charge in [-0.1, -0.05) is 60.5 Å². The van der Waals surface area contributed by atoms with Gasteiger partial charge in [-0.2, -0.15) is 0 Å². The molecule has 5 nitrogen and oxygen atoms in total. The first kappa shape index (κ1) is 27.2. The highest BCUT2D eigenvalue weighted by molar-refractivity contribution is 5.84. The minimum Gasteiger partial charge on any atom is -0.489 e. The van der Waals surface area contributed by atoms with Crippen LogP contribution in [-0.2, 0) is 19.6 Å². The molecule has 1 aliphatic carbocycles. The van der Waals surface area contributed by atoms with Gasteiger partial charge in [0.15, 0.2) is 0 Å². The zero-order chi connectivity index (χ0) is 26.4. The second-order valence-electron chi connectivity index (χ2n) is 10.00. The van der Waals surface area contributed by atoms with E-state index in [1.807, 2.05) is 0 Å². The van der Waals surface area contributed by atoms with E-state index in [9.17, 15) is 0 Å². The average molecular weight is 504 g/mol. The quantitative estimate of drug-likeness (QED) is 0.262. The molecule has 0 bridgehead atoms. The van der Waals surface area contributed by atoms with Crippen molar-refractivity contribution in [1.29, 1.82) is 0 Å². The standard InChI is InChI=1S/C32H41NO4/c1-7-32(28-20-23(2)8-11-26(28)27-12-9-24(3)21-29(27)32)25-10-13-31(30(22-25)33(4)5)37-19-18-36-17-16-35-15-14-34-6/h8-13,20-22H,7,14-19H2,1-6H3. The lowest BCUT2D eigenvalue weighted by Crippen LogP contribution is -2.27. The summed E-state index contributed by atoms with van der Waals surface area (Å²) in [6.45, 7) is 9.97. The van der Waals surface area contributed by atoms with Gasteiger partial charge < -0.3 is 23.8 Å². The van der Waals surface area contributed by atoms with Crippen molar-refractivity contribution in [2.45, 2.75) is 32.6 Å². The summed E-state index contributed by atoms with van der Waals surface area (Å²) in [5.41, 5.74) is 10.2. The smallest absolute Gasteiger partial charge is 0.142 e. The molecule has 0 aliphatic heterocycles. The lowest BCUT2D eigenvalue weighted by molar-refractivity contribution is 0.0180. The van der Waals surface area contributed by atoms with Crippen molar-refractivity contribution in [1.82, 2.24) is 0 Å². The van der Waals surface area contributed by atoms with Crippen molar-refractivity contribution in [3.05, 3.63) is 82.4 Å². The minimum absolute atomic E-state index is 0.197. The van der Waals surface area contributed by atoms with Gasteiger partial charge in [0, 0.05) is 26.6 Å². The van der Waals surface area contributed by atoms with E-state index < -0.39 is 0 Å². The van der Waals surface area contributed by atoms with Crippen LogP contribution in [0.2, 0.25) is 0 Å². The fourth-order valence-electron chi connectivity index (χ4n) is 5.46. The van der Waals surface area contributed by atoms with Gasteiger partial charge in [-0.3, -0.25) is 0 Å². The van der Waals surface area contributed by atoms with E-state index in [1.54, 1.807) is 7.11 Å². The summed E-state index contributed by atoms with van der Waals surface area (Å²) in [5.74, 6) is 0.867. The Morgan fingerprint density at radius 1 is 0.703 bits per heavy atom. The first-order valence-electron chi connectivity index (χ1n) is 13.2. The first-order chi connectivity index (χ1) is 17.9. The Hall–Kier alpha value is -2.86. The lowest BCUT2D eigenvalue weighted by Gasteiger charge is -2.33. The maximum absolute atomic E-state index is 6.18. The second-order valence-corrected chi connectivity index (χ2v) is 10.00. The Bertz CT molecular complexity index is 1150. The minimum atomic E-state index is -0.197. The average Bonchev–Trinajstić information content (AvgIpc) is 3.16. The summed E-state index contributed by atoms with van der Waals surface area (Å²) in [7, 11) is 5.81. The third-order valence-corrected chi connectivity index (χ3v) is 7.31. The van der Waals surface area contributed by atoms with Gasteiger partial charge in [0.1, 0.15) is 12.4 Å². The van der Waals surface area contributed by atoms with Crippen LogP contribution in [-0.4, -0.2) is 60.8 Å². The predicted molar refractivity (Wildman–Crippen MR) is 151 cm³/mol. The number of anilines is 1. The van der Waals surface area contributed by atoms with Crippen molar-refractivity contribution in [2.24, 2.45) is 0 Å². The van der Waals surface area contributed by atoms with Gasteiger partial charge in [-0.25, -0.2) is 0 Å². The van der Waals surface area contributed by atoms with Crippen molar-refractivity contribution >= 4 is 5.69 Å². The molecule has 0 atom stereocenters. The molecule has 0 radical (unpaired) electrons. The Labute approximate surface area is 222 Å². The molecular weight excluding hydrogens is 462 g/mol. The van der Waals surface area contributed by atoms with Crippen LogP contribution in [0, 0.1) is 13.8 Å². The van der Waals surface area contributed by atoms with Gasteiger partial charge in [0.25, 0.3) is 0 Å². The molecular formula is C32H41NO4. The number of nitrogens with zero attached hydrogens (tertiary/aromatic N) is 1. The van der Waals surface area contributed by atoms with Crippen LogP contribution in [0.4, 0.5) is 5.69 Å². The number of rotatable bonds is 13. The number of methoxy groups -OCH3 is 1. The molecule has 0 saturated carbocycles. The molecule has 0 N–H and O–H groups in total. The Kier molecular flexibility index (Phi) is 8.91. The molecule has 0 spiro atoms. The van der Waals surface area contributed by atoms with E-state index >= 15 is 0 Å². The summed E-state index contributed by atoms with van der Waals surface area (Å²) in [6, 6.07) is 20.5. The highest BCUT2D eigenvalue weighted by Crippen LogP contribution is 2.55. The summed E-state index contributed by atoms with van der Waals surface area (Å²) in [6.07, 6.45) is 0.979. The Morgan fingerprint density at radius 2 is 1.27 bits per heavy atom. The summed E-state index contributed by atoms with van der Waals surface area (Å²) in [4.78, 5) is 2.13. The number of benzene rings is 3. The number of hydrogen-bond donors (Lipinski definition) is 0. The zero-order valence-corrected chi connectivity index (χ0v) is 23.2. The fraction of sp³-hybridized carbons (Fsp3) is 0.438. The van der Waals surface area contributed by atoms with Gasteiger partial charge in [-0.05, 0) is 60.2 Å². The first-order valence-corrected chi connectivity index (χ1v) is 13.2. The molecule has 0 unspecified atom stereocenters. The van der Waals surface area contributed by atoms with E-state index in [0.29, 0.717) is 39.6 Å². The van der Waals surface area contributed by atoms with Gasteiger partial charge in [0.05, 0.1) is 38.7 Å². The predicted octanol–water partition coefficient (Wildman–Crippen LogP) is 6.15. The molecule has 0 heterocycles. The van der Waals surface area contributed by atoms with Crippen molar-refractivity contribution < 1.29 is 18.9 Å². The molecule has 0 amide bonds. The second kappa shape index (κ2) is 12.1. The van der Waals surface area contributed by atoms with Crippen molar-refractivity contribution in [3.8, 4) is 16.9 Å². The van der Waals surface area contributed by atoms with Crippen LogP contribution in [0.3, 0.4) is 0 Å². The van der Waals surface area contributed by atoms with Gasteiger partial charge in [-0.15, -0.1) is 0 Å². The van der Waals surface area contributed by atoms with Crippen LogP contribution < -0.4 is 9.64 Å². The number of fused-ring (bicyclic) bond motifs is 3. The molecule has 0 saturated heterocycles. The van der Waals surface area contributed by atoms with Crippen LogP contribution in [0.15, 0.2) is 54.6 Å². The summed E-state index contributed by atoms with van der Waals surface area (Å²) < 4.78 is 22.3. The highest BCUT2D eigenvalue weighted by Gasteiger charge is 2.43. The molecule has 4 rings (SSSR count). The van der Waals surface area contributed by atoms with Crippen LogP contribution in [0.25, 0.3) is 11.1 Å². The van der Waals surface area contributed by atoms with Crippen molar-refractivity contribution in [3.63, 3.8) is 0 Å². The summed E-state index contributed by atoms with van der Waals surface area (Å²) >= 11 is 0. The molecule has 3 aromatic carbocycles. The number of hydrogen-bond acceptors (Lipinski definition) is 5. The Balaban J connectivity index is 1.59. The van der Waals surface area contributed by atoms with Crippen LogP contribution in [0.1, 0.15) is 41.2 Å². The van der Waals surface area contributed by atoms with Gasteiger partial charge >= 0.3 is 0 Å². The molecule has 5 heteroatoms. The maximum Gasteiger partial charge on any atom is 0.142 e. The van der Waals surface area contributed by atoms with E-state index in [-0.39, 0.29) is 5.41 Å². The molecule has 37 heavy (non-hydrogen) atoms. The monoisotopic (exact) mass is 503 g/mol. The normalized spacial score (nSPS) is 13.4. The third kappa shape index (κ3) is 5.54. The highest BCUT2D eigenvalue weighted by atomic mass is 16.6. The van der Waals surface area contributed by atoms with Crippen molar-refractivity contribution in [2.75, 3.05) is 65.7 Å². The van der Waals surface area contributed by atoms with Crippen LogP contribution >= 0.6 is 0 Å². The lowest BCUT2D eigenvalue weighted by atomic mass is 9.70.